The van der Waals surface area contributed by atoms with Gasteiger partial charge in [0.15, 0.2) is 0 Å². The fourth-order valence-corrected chi connectivity index (χ4v) is 4.95. The summed E-state index contributed by atoms with van der Waals surface area (Å²) in [7, 11) is 1.47. The first-order valence-corrected chi connectivity index (χ1v) is 13.4. The van der Waals surface area contributed by atoms with Gasteiger partial charge in [-0.25, -0.2) is 4.79 Å². The van der Waals surface area contributed by atoms with E-state index < -0.39 is 35.7 Å². The quantitative estimate of drug-likeness (QED) is 0.225. The summed E-state index contributed by atoms with van der Waals surface area (Å²) in [5, 5.41) is 23.8. The van der Waals surface area contributed by atoms with Gasteiger partial charge in [0.05, 0.1) is 22.8 Å². The fraction of sp³-hybridized carbons (Fsp3) is 0.321. The molecule has 0 saturated carbocycles. The summed E-state index contributed by atoms with van der Waals surface area (Å²) in [6.07, 6.45) is -0.720. The van der Waals surface area contributed by atoms with Crippen molar-refractivity contribution in [3.05, 3.63) is 85.8 Å². The Labute approximate surface area is 238 Å². The van der Waals surface area contributed by atoms with E-state index in [0.29, 0.717) is 16.7 Å². The highest BCUT2D eigenvalue weighted by atomic mass is 127. The Morgan fingerprint density at radius 1 is 1.18 bits per heavy atom. The van der Waals surface area contributed by atoms with E-state index >= 15 is 0 Å². The Balaban J connectivity index is 1.73. The lowest BCUT2D eigenvalue weighted by molar-refractivity contribution is -0.118. The molecule has 0 aliphatic heterocycles. The van der Waals surface area contributed by atoms with Gasteiger partial charge in [0.1, 0.15) is 29.1 Å². The molecule has 2 aromatic carbocycles. The van der Waals surface area contributed by atoms with Gasteiger partial charge in [0.25, 0.3) is 5.91 Å². The van der Waals surface area contributed by atoms with Gasteiger partial charge in [-0.3, -0.25) is 9.59 Å². The molecule has 206 valence electrons. The first-order chi connectivity index (χ1) is 18.8. The molecular formula is C28H29IN2O8. The molecule has 3 aromatic rings. The molecular weight excluding hydrogens is 619 g/mol. The lowest BCUT2D eigenvalue weighted by Crippen LogP contribution is -2.56. The molecule has 0 unspecified atom stereocenters. The van der Waals surface area contributed by atoms with Crippen molar-refractivity contribution in [2.75, 3.05) is 33.4 Å². The van der Waals surface area contributed by atoms with Crippen LogP contribution in [0.3, 0.4) is 0 Å². The zero-order valence-electron chi connectivity index (χ0n) is 21.2. The van der Waals surface area contributed by atoms with Crippen LogP contribution < -0.4 is 15.7 Å². The zero-order chi connectivity index (χ0) is 27.9. The molecule has 0 fully saturated rings. The van der Waals surface area contributed by atoms with Gasteiger partial charge in [0, 0.05) is 37.6 Å². The van der Waals surface area contributed by atoms with Crippen LogP contribution in [0.5, 0.6) is 5.75 Å². The summed E-state index contributed by atoms with van der Waals surface area (Å²) < 4.78 is 17.5. The number of methoxy groups -OCH3 is 1. The largest absolute Gasteiger partial charge is 0.482 e. The van der Waals surface area contributed by atoms with Gasteiger partial charge in [-0.15, -0.1) is 0 Å². The van der Waals surface area contributed by atoms with Gasteiger partial charge in [-0.1, -0.05) is 30.3 Å². The van der Waals surface area contributed by atoms with Crippen LogP contribution in [0.1, 0.15) is 16.8 Å². The number of hydrogen-bond acceptors (Lipinski definition) is 8. The summed E-state index contributed by atoms with van der Waals surface area (Å²) in [6.45, 7) is -0.0600. The predicted octanol–water partition coefficient (Wildman–Crippen LogP) is 2.10. The van der Waals surface area contributed by atoms with Crippen molar-refractivity contribution in [2.24, 2.45) is 0 Å². The maximum absolute atomic E-state index is 13.8. The number of halogens is 1. The minimum atomic E-state index is -1.25. The van der Waals surface area contributed by atoms with Gasteiger partial charge in [-0.2, -0.15) is 0 Å². The van der Waals surface area contributed by atoms with Gasteiger partial charge in [-0.05, 0) is 52.9 Å². The fourth-order valence-electron chi connectivity index (χ4n) is 4.44. The van der Waals surface area contributed by atoms with E-state index in [1.165, 1.54) is 24.2 Å². The van der Waals surface area contributed by atoms with Crippen LogP contribution in [0, 0.1) is 3.57 Å². The molecule has 4 rings (SSSR count). The Kier molecular flexibility index (Phi) is 9.73. The Morgan fingerprint density at radius 3 is 2.67 bits per heavy atom. The first kappa shape index (κ1) is 28.7. The molecule has 2 amide bonds. The monoisotopic (exact) mass is 648 g/mol. The Morgan fingerprint density at radius 2 is 1.92 bits per heavy atom. The number of carbonyl (C=O) groups excluding carboxylic acids is 2. The van der Waals surface area contributed by atoms with E-state index in [9.17, 15) is 19.5 Å². The maximum atomic E-state index is 13.8. The lowest BCUT2D eigenvalue weighted by atomic mass is 9.87. The minimum absolute atomic E-state index is 0.0153. The number of aliphatic hydroxyl groups is 2. The Bertz CT molecular complexity index is 1420. The second-order valence-corrected chi connectivity index (χ2v) is 10.1. The van der Waals surface area contributed by atoms with Crippen LogP contribution in [-0.2, 0) is 9.53 Å². The average Bonchev–Trinajstić information content (AvgIpc) is 2.94. The standard InChI is InChI=1S/C28H29IN2O8/c1-37-13-11-31(27(35)19-14-17-6-2-4-8-22(17)39-28(19)36)21-15-18(26(34)30-10-12-32)16-24(25(21)33)38-23-9-5-3-7-20(23)29/h2-9,14,16,21,24-25,32-33H,10-13,15H2,1H3,(H,30,34)/t21-,24+,25+/m1/s1. The van der Waals surface area contributed by atoms with Gasteiger partial charge >= 0.3 is 5.63 Å². The number of amides is 2. The molecule has 1 aliphatic rings. The smallest absolute Gasteiger partial charge is 0.349 e. The molecule has 1 aliphatic carbocycles. The van der Waals surface area contributed by atoms with Crippen LogP contribution in [0.25, 0.3) is 11.0 Å². The summed E-state index contributed by atoms with van der Waals surface area (Å²) in [4.78, 5) is 40.9. The molecule has 0 saturated heterocycles. The van der Waals surface area contributed by atoms with Crippen molar-refractivity contribution in [3.63, 3.8) is 0 Å². The number of para-hydroxylation sites is 2. The highest BCUT2D eigenvalue weighted by molar-refractivity contribution is 14.1. The Hall–Kier alpha value is -3.26. The highest BCUT2D eigenvalue weighted by Gasteiger charge is 2.41. The van der Waals surface area contributed by atoms with Crippen molar-refractivity contribution < 1.29 is 33.7 Å². The third-order valence-electron chi connectivity index (χ3n) is 6.38. The highest BCUT2D eigenvalue weighted by Crippen LogP contribution is 2.30. The van der Waals surface area contributed by atoms with E-state index in [2.05, 4.69) is 27.9 Å². The topological polar surface area (TPSA) is 139 Å². The number of rotatable bonds is 10. The number of hydrogen-bond donors (Lipinski definition) is 3. The van der Waals surface area contributed by atoms with Crippen molar-refractivity contribution in [1.82, 2.24) is 10.2 Å². The van der Waals surface area contributed by atoms with Crippen molar-refractivity contribution >= 4 is 45.4 Å². The molecule has 0 radical (unpaired) electrons. The molecule has 0 bridgehead atoms. The van der Waals surface area contributed by atoms with Crippen molar-refractivity contribution in [1.29, 1.82) is 0 Å². The number of fused-ring (bicyclic) bond motifs is 1. The van der Waals surface area contributed by atoms with Gasteiger partial charge in [0.2, 0.25) is 5.91 Å². The molecule has 10 nitrogen and oxygen atoms in total. The summed E-state index contributed by atoms with van der Waals surface area (Å²) >= 11 is 2.11. The van der Waals surface area contributed by atoms with E-state index in [1.54, 1.807) is 36.4 Å². The maximum Gasteiger partial charge on any atom is 0.349 e. The second kappa shape index (κ2) is 13.2. The van der Waals surface area contributed by atoms with E-state index in [0.717, 1.165) is 3.57 Å². The summed E-state index contributed by atoms with van der Waals surface area (Å²) in [6, 6.07) is 14.6. The lowest BCUT2D eigenvalue weighted by Gasteiger charge is -2.40. The van der Waals surface area contributed by atoms with E-state index in [1.807, 2.05) is 12.1 Å². The third kappa shape index (κ3) is 6.67. The zero-order valence-corrected chi connectivity index (χ0v) is 23.4. The average molecular weight is 648 g/mol. The van der Waals surface area contributed by atoms with Crippen LogP contribution in [0.4, 0.5) is 0 Å². The first-order valence-electron chi connectivity index (χ1n) is 12.4. The molecule has 0 spiro atoms. The number of ether oxygens (including phenoxy) is 2. The summed E-state index contributed by atoms with van der Waals surface area (Å²) in [5.74, 6) is -0.624. The van der Waals surface area contributed by atoms with E-state index in [4.69, 9.17) is 19.0 Å². The van der Waals surface area contributed by atoms with Crippen LogP contribution >= 0.6 is 22.6 Å². The van der Waals surface area contributed by atoms with Crippen molar-refractivity contribution in [2.45, 2.75) is 24.7 Å². The SMILES string of the molecule is COCCN(C(=O)c1cc2ccccc2oc1=O)[C@@H]1CC(C(=O)NCCO)=C[C@H](Oc2ccccc2I)[C@H]1O. The number of benzene rings is 2. The minimum Gasteiger partial charge on any atom is -0.482 e. The molecule has 3 N–H and O–H groups in total. The molecule has 39 heavy (non-hydrogen) atoms. The molecule has 3 atom stereocenters. The summed E-state index contributed by atoms with van der Waals surface area (Å²) in [5.41, 5.74) is -0.394. The molecule has 1 heterocycles. The van der Waals surface area contributed by atoms with Crippen LogP contribution in [0.2, 0.25) is 0 Å². The number of carbonyl (C=O) groups is 2. The second-order valence-electron chi connectivity index (χ2n) is 8.92. The third-order valence-corrected chi connectivity index (χ3v) is 7.27. The van der Waals surface area contributed by atoms with Crippen molar-refractivity contribution in [3.8, 4) is 5.75 Å². The van der Waals surface area contributed by atoms with Crippen LogP contribution in [-0.4, -0.2) is 78.6 Å². The van der Waals surface area contributed by atoms with E-state index in [-0.39, 0.29) is 43.9 Å². The predicted molar refractivity (Wildman–Crippen MR) is 152 cm³/mol. The number of aliphatic hydroxyl groups excluding tert-OH is 2. The normalized spacial score (nSPS) is 18.9. The van der Waals surface area contributed by atoms with Gasteiger partial charge < -0.3 is 34.3 Å². The van der Waals surface area contributed by atoms with Crippen LogP contribution in [0.15, 0.2) is 75.5 Å². The molecule has 1 aromatic heterocycles. The molecule has 11 heteroatoms. The number of nitrogens with zero attached hydrogens (tertiary/aromatic N) is 1. The number of nitrogens with one attached hydrogen (secondary N) is 1.